The highest BCUT2D eigenvalue weighted by atomic mass is 79.9. The zero-order valence-electron chi connectivity index (χ0n) is 12.9. The molecule has 1 unspecified atom stereocenters. The van der Waals surface area contributed by atoms with Gasteiger partial charge < -0.3 is 10.2 Å². The molecule has 0 aliphatic heterocycles. The number of nitrogens with zero attached hydrogens (tertiary/aromatic N) is 1. The molecule has 3 heteroatoms. The van der Waals surface area contributed by atoms with Crippen LogP contribution in [0.15, 0.2) is 28.7 Å². The number of hydrogen-bond acceptors (Lipinski definition) is 2. The molecule has 1 N–H and O–H groups in total. The minimum atomic E-state index is 0.583. The third-order valence-electron chi connectivity index (χ3n) is 4.43. The van der Waals surface area contributed by atoms with Crippen molar-refractivity contribution in [3.8, 4) is 0 Å². The number of benzene rings is 1. The second kappa shape index (κ2) is 7.58. The second-order valence-corrected chi connectivity index (χ2v) is 6.79. The predicted molar refractivity (Wildman–Crippen MR) is 90.3 cm³/mol. The Morgan fingerprint density at radius 3 is 2.50 bits per heavy atom. The molecule has 1 fully saturated rings. The lowest BCUT2D eigenvalue weighted by atomic mass is 9.75. The molecule has 0 spiro atoms. The van der Waals surface area contributed by atoms with E-state index in [1.54, 1.807) is 0 Å². The first-order chi connectivity index (χ1) is 9.63. The first-order valence-corrected chi connectivity index (χ1v) is 8.66. The third-order valence-corrected chi connectivity index (χ3v) is 5.15. The van der Waals surface area contributed by atoms with Crippen molar-refractivity contribution in [3.05, 3.63) is 34.3 Å². The Bertz CT molecular complexity index is 411. The maximum atomic E-state index is 3.78. The molecule has 0 bridgehead atoms. The first kappa shape index (κ1) is 16.0. The van der Waals surface area contributed by atoms with Crippen LogP contribution in [0, 0.1) is 0 Å². The lowest BCUT2D eigenvalue weighted by Crippen LogP contribution is -2.48. The SMILES string of the molecule is CCN(CC)CC(C)NC1CC(c2ccccc2Br)C1. The van der Waals surface area contributed by atoms with Crippen LogP contribution in [0.1, 0.15) is 45.1 Å². The van der Waals surface area contributed by atoms with E-state index in [9.17, 15) is 0 Å². The summed E-state index contributed by atoms with van der Waals surface area (Å²) in [6, 6.07) is 9.92. The van der Waals surface area contributed by atoms with Crippen LogP contribution in [0.3, 0.4) is 0 Å². The van der Waals surface area contributed by atoms with Gasteiger partial charge in [-0.3, -0.25) is 0 Å². The Balaban J connectivity index is 1.75. The number of halogens is 1. The summed E-state index contributed by atoms with van der Waals surface area (Å²) in [4.78, 5) is 2.49. The topological polar surface area (TPSA) is 15.3 Å². The molecule has 0 radical (unpaired) electrons. The highest BCUT2D eigenvalue weighted by Crippen LogP contribution is 2.40. The smallest absolute Gasteiger partial charge is 0.0210 e. The van der Waals surface area contributed by atoms with E-state index in [-0.39, 0.29) is 0 Å². The molecule has 1 atom stereocenters. The predicted octanol–water partition coefficient (Wildman–Crippen LogP) is 4.02. The van der Waals surface area contributed by atoms with Crippen molar-refractivity contribution < 1.29 is 0 Å². The molecular weight excluding hydrogens is 312 g/mol. The average Bonchev–Trinajstić information content (AvgIpc) is 2.41. The second-order valence-electron chi connectivity index (χ2n) is 5.94. The molecule has 1 aliphatic carbocycles. The summed E-state index contributed by atoms with van der Waals surface area (Å²) < 4.78 is 1.26. The summed E-state index contributed by atoms with van der Waals surface area (Å²) in [7, 11) is 0. The van der Waals surface area contributed by atoms with Gasteiger partial charge in [-0.25, -0.2) is 0 Å². The quantitative estimate of drug-likeness (QED) is 0.807. The van der Waals surface area contributed by atoms with Crippen molar-refractivity contribution >= 4 is 15.9 Å². The lowest BCUT2D eigenvalue weighted by molar-refractivity contribution is 0.221. The molecule has 1 aromatic rings. The average molecular weight is 339 g/mol. The van der Waals surface area contributed by atoms with Gasteiger partial charge in [-0.15, -0.1) is 0 Å². The molecule has 0 saturated heterocycles. The molecular formula is C17H27BrN2. The van der Waals surface area contributed by atoms with Crippen LogP contribution < -0.4 is 5.32 Å². The monoisotopic (exact) mass is 338 g/mol. The zero-order valence-corrected chi connectivity index (χ0v) is 14.5. The highest BCUT2D eigenvalue weighted by Gasteiger charge is 2.31. The fourth-order valence-electron chi connectivity index (χ4n) is 3.14. The van der Waals surface area contributed by atoms with E-state index in [4.69, 9.17) is 0 Å². The van der Waals surface area contributed by atoms with Crippen molar-refractivity contribution in [1.82, 2.24) is 10.2 Å². The van der Waals surface area contributed by atoms with E-state index >= 15 is 0 Å². The molecule has 0 aromatic heterocycles. The normalized spacial score (nSPS) is 23.6. The fraction of sp³-hybridized carbons (Fsp3) is 0.647. The van der Waals surface area contributed by atoms with Crippen molar-refractivity contribution in [2.45, 2.75) is 51.6 Å². The molecule has 2 nitrogen and oxygen atoms in total. The van der Waals surface area contributed by atoms with Crippen LogP contribution in [0.25, 0.3) is 0 Å². The van der Waals surface area contributed by atoms with Crippen LogP contribution in [0.4, 0.5) is 0 Å². The molecule has 20 heavy (non-hydrogen) atoms. The van der Waals surface area contributed by atoms with Gasteiger partial charge in [0.1, 0.15) is 0 Å². The van der Waals surface area contributed by atoms with Crippen molar-refractivity contribution in [1.29, 1.82) is 0 Å². The first-order valence-electron chi connectivity index (χ1n) is 7.86. The van der Waals surface area contributed by atoms with Gasteiger partial charge in [-0.05, 0) is 50.4 Å². The molecule has 1 aliphatic rings. The number of likely N-dealkylation sites (N-methyl/N-ethyl adjacent to an activating group) is 1. The molecule has 0 heterocycles. The van der Waals surface area contributed by atoms with E-state index in [0.717, 1.165) is 25.6 Å². The van der Waals surface area contributed by atoms with Gasteiger partial charge in [0, 0.05) is 23.1 Å². The largest absolute Gasteiger partial charge is 0.310 e. The van der Waals surface area contributed by atoms with E-state index in [2.05, 4.69) is 71.2 Å². The summed E-state index contributed by atoms with van der Waals surface area (Å²) in [6.45, 7) is 10.2. The van der Waals surface area contributed by atoms with E-state index < -0.39 is 0 Å². The Labute approximate surface area is 132 Å². The van der Waals surface area contributed by atoms with Gasteiger partial charge in [0.25, 0.3) is 0 Å². The van der Waals surface area contributed by atoms with E-state index in [0.29, 0.717) is 12.1 Å². The van der Waals surface area contributed by atoms with Gasteiger partial charge in [-0.2, -0.15) is 0 Å². The van der Waals surface area contributed by atoms with E-state index in [1.165, 1.54) is 22.9 Å². The van der Waals surface area contributed by atoms with Crippen molar-refractivity contribution in [2.24, 2.45) is 0 Å². The molecule has 1 saturated carbocycles. The highest BCUT2D eigenvalue weighted by molar-refractivity contribution is 9.10. The number of hydrogen-bond donors (Lipinski definition) is 1. The number of rotatable bonds is 7. The van der Waals surface area contributed by atoms with Crippen LogP contribution >= 0.6 is 15.9 Å². The van der Waals surface area contributed by atoms with Crippen LogP contribution in [-0.2, 0) is 0 Å². The van der Waals surface area contributed by atoms with Gasteiger partial charge in [-0.1, -0.05) is 48.0 Å². The van der Waals surface area contributed by atoms with Gasteiger partial charge in [0.15, 0.2) is 0 Å². The number of nitrogens with one attached hydrogen (secondary N) is 1. The van der Waals surface area contributed by atoms with Crippen LogP contribution in [0.5, 0.6) is 0 Å². The van der Waals surface area contributed by atoms with Crippen LogP contribution in [0.2, 0.25) is 0 Å². The minimum absolute atomic E-state index is 0.583. The maximum absolute atomic E-state index is 3.78. The Kier molecular flexibility index (Phi) is 6.06. The fourth-order valence-corrected chi connectivity index (χ4v) is 3.75. The zero-order chi connectivity index (χ0) is 14.5. The Morgan fingerprint density at radius 2 is 1.90 bits per heavy atom. The van der Waals surface area contributed by atoms with Gasteiger partial charge >= 0.3 is 0 Å². The van der Waals surface area contributed by atoms with Gasteiger partial charge in [0.2, 0.25) is 0 Å². The summed E-state index contributed by atoms with van der Waals surface area (Å²) in [5, 5.41) is 3.78. The van der Waals surface area contributed by atoms with Crippen molar-refractivity contribution in [2.75, 3.05) is 19.6 Å². The Hall–Kier alpha value is -0.380. The maximum Gasteiger partial charge on any atom is 0.0210 e. The van der Waals surface area contributed by atoms with E-state index in [1.807, 2.05) is 0 Å². The van der Waals surface area contributed by atoms with Crippen LogP contribution in [-0.4, -0.2) is 36.6 Å². The standard InChI is InChI=1S/C17H27BrN2/c1-4-20(5-2)12-13(3)19-15-10-14(11-15)16-8-6-7-9-17(16)18/h6-9,13-15,19H,4-5,10-12H2,1-3H3. The minimum Gasteiger partial charge on any atom is -0.310 e. The molecule has 1 aromatic carbocycles. The van der Waals surface area contributed by atoms with Gasteiger partial charge in [0.05, 0.1) is 0 Å². The molecule has 2 rings (SSSR count). The van der Waals surface area contributed by atoms with Crippen molar-refractivity contribution in [3.63, 3.8) is 0 Å². The lowest BCUT2D eigenvalue weighted by Gasteiger charge is -2.39. The third kappa shape index (κ3) is 4.06. The Morgan fingerprint density at radius 1 is 1.25 bits per heavy atom. The summed E-state index contributed by atoms with van der Waals surface area (Å²) >= 11 is 3.67. The molecule has 112 valence electrons. The summed E-state index contributed by atoms with van der Waals surface area (Å²) in [5.74, 6) is 0.726. The summed E-state index contributed by atoms with van der Waals surface area (Å²) in [6.07, 6.45) is 2.54. The summed E-state index contributed by atoms with van der Waals surface area (Å²) in [5.41, 5.74) is 1.47. The molecule has 0 amide bonds.